The van der Waals surface area contributed by atoms with Crippen LogP contribution in [0.4, 0.5) is 5.69 Å². The number of rotatable bonds is 1. The van der Waals surface area contributed by atoms with Crippen molar-refractivity contribution in [3.63, 3.8) is 0 Å². The summed E-state index contributed by atoms with van der Waals surface area (Å²) in [5.74, 6) is 0. The van der Waals surface area contributed by atoms with Crippen molar-refractivity contribution in [2.75, 3.05) is 19.0 Å². The third kappa shape index (κ3) is 2.79. The van der Waals surface area contributed by atoms with Gasteiger partial charge in [0.2, 0.25) is 0 Å². The third-order valence-corrected chi connectivity index (χ3v) is 2.08. The number of hydrogen-bond donors (Lipinski definition) is 0. The molecule has 2 heteroatoms. The van der Waals surface area contributed by atoms with E-state index in [9.17, 15) is 0 Å². The molecule has 0 saturated carbocycles. The first-order chi connectivity index (χ1) is 5.52. The van der Waals surface area contributed by atoms with Crippen LogP contribution in [0.5, 0.6) is 0 Å². The molecule has 0 aliphatic rings. The summed E-state index contributed by atoms with van der Waals surface area (Å²) >= 11 is 0. The van der Waals surface area contributed by atoms with Gasteiger partial charge in [0, 0.05) is 19.8 Å². The summed E-state index contributed by atoms with van der Waals surface area (Å²) in [5, 5.41) is 0. The minimum atomic E-state index is 0. The summed E-state index contributed by atoms with van der Waals surface area (Å²) in [7, 11) is 4.18. The average molecular weight is 171 g/mol. The standard InChI is InChI=1S/C11H17N.Li.H/c1-8-6-9(2)11(12(4)5)10(3)7-8;;/h6-7H,1-5H3;;. The molecule has 0 radical (unpaired) electrons. The summed E-state index contributed by atoms with van der Waals surface area (Å²) in [6, 6.07) is 4.45. The van der Waals surface area contributed by atoms with Crippen molar-refractivity contribution in [3.8, 4) is 0 Å². The maximum atomic E-state index is 2.22. The van der Waals surface area contributed by atoms with E-state index in [1.54, 1.807) is 0 Å². The molecular weight excluding hydrogens is 153 g/mol. The first kappa shape index (κ1) is 12.6. The Morgan fingerprint density at radius 1 is 0.923 bits per heavy atom. The Balaban J connectivity index is 0.00000144. The van der Waals surface area contributed by atoms with Crippen molar-refractivity contribution in [2.45, 2.75) is 20.8 Å². The van der Waals surface area contributed by atoms with Crippen LogP contribution < -0.4 is 4.90 Å². The first-order valence-electron chi connectivity index (χ1n) is 4.27. The fourth-order valence-electron chi connectivity index (χ4n) is 1.88. The molecule has 0 spiro atoms. The predicted molar refractivity (Wildman–Crippen MR) is 62.1 cm³/mol. The second-order valence-corrected chi connectivity index (χ2v) is 3.64. The fourth-order valence-corrected chi connectivity index (χ4v) is 1.88. The summed E-state index contributed by atoms with van der Waals surface area (Å²) in [6.07, 6.45) is 0. The molecule has 68 valence electrons. The van der Waals surface area contributed by atoms with Crippen LogP contribution in [0.15, 0.2) is 12.1 Å². The topological polar surface area (TPSA) is 3.24 Å². The van der Waals surface area contributed by atoms with E-state index in [-0.39, 0.29) is 18.9 Å². The van der Waals surface area contributed by atoms with Gasteiger partial charge in [-0.3, -0.25) is 0 Å². The van der Waals surface area contributed by atoms with Gasteiger partial charge in [-0.2, -0.15) is 0 Å². The Labute approximate surface area is 93.3 Å². The summed E-state index contributed by atoms with van der Waals surface area (Å²) < 4.78 is 0. The van der Waals surface area contributed by atoms with Crippen molar-refractivity contribution in [2.24, 2.45) is 0 Å². The van der Waals surface area contributed by atoms with E-state index in [2.05, 4.69) is 51.9 Å². The van der Waals surface area contributed by atoms with E-state index < -0.39 is 0 Å². The van der Waals surface area contributed by atoms with Crippen molar-refractivity contribution >= 4 is 24.5 Å². The predicted octanol–water partition coefficient (Wildman–Crippen LogP) is 2.03. The van der Waals surface area contributed by atoms with Crippen molar-refractivity contribution in [1.82, 2.24) is 0 Å². The van der Waals surface area contributed by atoms with E-state index in [4.69, 9.17) is 0 Å². The van der Waals surface area contributed by atoms with Crippen molar-refractivity contribution in [1.29, 1.82) is 0 Å². The van der Waals surface area contributed by atoms with Crippen LogP contribution in [0.2, 0.25) is 0 Å². The molecule has 0 bridgehead atoms. The molecule has 0 saturated heterocycles. The van der Waals surface area contributed by atoms with Gasteiger partial charge in [-0.15, -0.1) is 0 Å². The van der Waals surface area contributed by atoms with Crippen LogP contribution in [-0.2, 0) is 0 Å². The molecule has 0 heterocycles. The number of anilines is 1. The van der Waals surface area contributed by atoms with Crippen LogP contribution in [-0.4, -0.2) is 33.0 Å². The molecule has 0 atom stereocenters. The molecule has 0 N–H and O–H groups in total. The molecule has 13 heavy (non-hydrogen) atoms. The molecule has 0 aliphatic heterocycles. The monoisotopic (exact) mass is 171 g/mol. The number of benzene rings is 1. The number of nitrogens with zero attached hydrogens (tertiary/aromatic N) is 1. The first-order valence-corrected chi connectivity index (χ1v) is 4.27. The van der Waals surface area contributed by atoms with Gasteiger partial charge in [0.25, 0.3) is 0 Å². The van der Waals surface area contributed by atoms with Crippen LogP contribution in [0.3, 0.4) is 0 Å². The third-order valence-electron chi connectivity index (χ3n) is 2.08. The summed E-state index contributed by atoms with van der Waals surface area (Å²) in [4.78, 5) is 2.17. The second kappa shape index (κ2) is 4.74. The molecule has 1 aromatic rings. The van der Waals surface area contributed by atoms with Gasteiger partial charge in [0.05, 0.1) is 0 Å². The summed E-state index contributed by atoms with van der Waals surface area (Å²) in [5.41, 5.74) is 5.41. The zero-order chi connectivity index (χ0) is 9.30. The number of aryl methyl sites for hydroxylation is 3. The SMILES string of the molecule is Cc1cc(C)c(N(C)C)c(C)c1.[LiH]. The van der Waals surface area contributed by atoms with Gasteiger partial charge in [-0.05, 0) is 31.9 Å². The van der Waals surface area contributed by atoms with Crippen LogP contribution >= 0.6 is 0 Å². The fraction of sp³-hybridized carbons (Fsp3) is 0.455. The molecule has 1 rings (SSSR count). The molecule has 0 amide bonds. The van der Waals surface area contributed by atoms with Crippen LogP contribution in [0, 0.1) is 20.8 Å². The van der Waals surface area contributed by atoms with Crippen molar-refractivity contribution < 1.29 is 0 Å². The second-order valence-electron chi connectivity index (χ2n) is 3.64. The Morgan fingerprint density at radius 3 is 1.62 bits per heavy atom. The van der Waals surface area contributed by atoms with E-state index >= 15 is 0 Å². The Kier molecular flexibility index (Phi) is 4.60. The van der Waals surface area contributed by atoms with Gasteiger partial charge < -0.3 is 4.90 Å². The Morgan fingerprint density at radius 2 is 1.31 bits per heavy atom. The van der Waals surface area contributed by atoms with Gasteiger partial charge in [0.15, 0.2) is 0 Å². The average Bonchev–Trinajstić information content (AvgIpc) is 1.82. The molecule has 0 aliphatic carbocycles. The van der Waals surface area contributed by atoms with Crippen molar-refractivity contribution in [3.05, 3.63) is 28.8 Å². The van der Waals surface area contributed by atoms with Crippen LogP contribution in [0.1, 0.15) is 16.7 Å². The van der Waals surface area contributed by atoms with Gasteiger partial charge >= 0.3 is 18.9 Å². The van der Waals surface area contributed by atoms with E-state index in [1.807, 2.05) is 0 Å². The Hall–Kier alpha value is -0.383. The van der Waals surface area contributed by atoms with Gasteiger partial charge in [0.1, 0.15) is 0 Å². The zero-order valence-corrected chi connectivity index (χ0v) is 8.60. The maximum absolute atomic E-state index is 2.22. The molecule has 1 nitrogen and oxygen atoms in total. The minimum absolute atomic E-state index is 0. The number of hydrogen-bond acceptors (Lipinski definition) is 1. The van der Waals surface area contributed by atoms with Gasteiger partial charge in [-0.25, -0.2) is 0 Å². The van der Waals surface area contributed by atoms with Crippen LogP contribution in [0.25, 0.3) is 0 Å². The quantitative estimate of drug-likeness (QED) is 0.584. The Bertz CT molecular complexity index is 269. The van der Waals surface area contributed by atoms with E-state index in [0.717, 1.165) is 0 Å². The normalized spacial score (nSPS) is 9.31. The summed E-state index contributed by atoms with van der Waals surface area (Å²) in [6.45, 7) is 6.46. The molecule has 1 aromatic carbocycles. The van der Waals surface area contributed by atoms with E-state index in [1.165, 1.54) is 22.4 Å². The molecule has 0 unspecified atom stereocenters. The van der Waals surface area contributed by atoms with Gasteiger partial charge in [-0.1, -0.05) is 17.7 Å². The molecule has 0 aromatic heterocycles. The molecular formula is C11H18LiN. The van der Waals surface area contributed by atoms with E-state index in [0.29, 0.717) is 0 Å². The zero-order valence-electron chi connectivity index (χ0n) is 8.60. The molecule has 0 fully saturated rings.